The number of ether oxygens (including phenoxy) is 2. The number of halogens is 3. The summed E-state index contributed by atoms with van der Waals surface area (Å²) >= 11 is 18.3. The highest BCUT2D eigenvalue weighted by molar-refractivity contribution is 7.89. The standard InChI is InChI=1S/C21H17Cl3N2O5S/c1-30-20-8-12(21(27)26-32(2,28)29)3-5-15(20)13-7-18(24)19(25-10-13)11-31-14-4-6-16(22)17(23)9-14/h3-10H,11H2,1-2H3,(H,26,27). The first-order valence-corrected chi connectivity index (χ1v) is 12.0. The molecule has 11 heteroatoms. The van der Waals surface area contributed by atoms with Gasteiger partial charge in [-0.25, -0.2) is 13.1 Å². The number of nitrogens with one attached hydrogen (secondary N) is 1. The first kappa shape index (κ1) is 24.1. The normalized spacial score (nSPS) is 11.2. The van der Waals surface area contributed by atoms with Crippen LogP contribution in [-0.4, -0.2) is 32.7 Å². The largest absolute Gasteiger partial charge is 0.496 e. The molecule has 0 saturated carbocycles. The predicted octanol–water partition coefficient (Wildman–Crippen LogP) is 4.99. The molecule has 0 saturated heterocycles. The minimum absolute atomic E-state index is 0.110. The molecule has 3 rings (SSSR count). The quantitative estimate of drug-likeness (QED) is 0.477. The third-order valence-electron chi connectivity index (χ3n) is 4.24. The van der Waals surface area contributed by atoms with Gasteiger partial charge in [-0.05, 0) is 36.4 Å². The number of hydrogen-bond acceptors (Lipinski definition) is 6. The molecule has 0 aliphatic rings. The van der Waals surface area contributed by atoms with Crippen molar-refractivity contribution >= 4 is 50.7 Å². The van der Waals surface area contributed by atoms with Crippen LogP contribution in [0.1, 0.15) is 16.1 Å². The van der Waals surface area contributed by atoms with Gasteiger partial charge in [-0.3, -0.25) is 9.78 Å². The number of amides is 1. The zero-order valence-corrected chi connectivity index (χ0v) is 19.9. The summed E-state index contributed by atoms with van der Waals surface area (Å²) in [7, 11) is -2.25. The number of pyridine rings is 1. The third-order valence-corrected chi connectivity index (χ3v) is 5.86. The van der Waals surface area contributed by atoms with Gasteiger partial charge in [-0.2, -0.15) is 0 Å². The van der Waals surface area contributed by atoms with Crippen molar-refractivity contribution in [3.63, 3.8) is 0 Å². The molecule has 1 heterocycles. The van der Waals surface area contributed by atoms with Crippen LogP contribution in [0.15, 0.2) is 48.7 Å². The molecular formula is C21H17Cl3N2O5S. The van der Waals surface area contributed by atoms with Gasteiger partial charge in [-0.1, -0.05) is 34.8 Å². The molecule has 0 spiro atoms. The van der Waals surface area contributed by atoms with Crippen molar-refractivity contribution in [2.75, 3.05) is 13.4 Å². The van der Waals surface area contributed by atoms with E-state index in [0.29, 0.717) is 43.4 Å². The maximum atomic E-state index is 12.1. The molecule has 3 aromatic rings. The molecule has 32 heavy (non-hydrogen) atoms. The van der Waals surface area contributed by atoms with Gasteiger partial charge in [0.25, 0.3) is 5.91 Å². The van der Waals surface area contributed by atoms with Gasteiger partial charge in [0.05, 0.1) is 34.1 Å². The van der Waals surface area contributed by atoms with E-state index < -0.39 is 15.9 Å². The summed E-state index contributed by atoms with van der Waals surface area (Å²) in [6.07, 6.45) is 2.49. The first-order chi connectivity index (χ1) is 15.1. The van der Waals surface area contributed by atoms with E-state index in [1.165, 1.54) is 19.2 Å². The average molecular weight is 516 g/mol. The van der Waals surface area contributed by atoms with Crippen LogP contribution in [0.3, 0.4) is 0 Å². The first-order valence-electron chi connectivity index (χ1n) is 9.00. The minimum Gasteiger partial charge on any atom is -0.496 e. The van der Waals surface area contributed by atoms with Crippen molar-refractivity contribution in [3.05, 3.63) is 75.0 Å². The summed E-state index contributed by atoms with van der Waals surface area (Å²) in [4.78, 5) is 16.5. The summed E-state index contributed by atoms with van der Waals surface area (Å²) in [6, 6.07) is 11.1. The van der Waals surface area contributed by atoms with E-state index in [4.69, 9.17) is 44.3 Å². The Balaban J connectivity index is 1.81. The average Bonchev–Trinajstić information content (AvgIpc) is 2.73. The van der Waals surface area contributed by atoms with Crippen LogP contribution >= 0.6 is 34.8 Å². The molecule has 1 amide bonds. The molecule has 1 aromatic heterocycles. The number of rotatable bonds is 7. The lowest BCUT2D eigenvalue weighted by Gasteiger charge is -2.13. The Morgan fingerprint density at radius 2 is 1.78 bits per heavy atom. The van der Waals surface area contributed by atoms with Crippen LogP contribution in [0.2, 0.25) is 15.1 Å². The van der Waals surface area contributed by atoms with Crippen molar-refractivity contribution in [2.45, 2.75) is 6.61 Å². The minimum atomic E-state index is -3.69. The van der Waals surface area contributed by atoms with Crippen LogP contribution in [0.4, 0.5) is 0 Å². The monoisotopic (exact) mass is 514 g/mol. The second-order valence-corrected chi connectivity index (χ2v) is 9.61. The number of sulfonamides is 1. The summed E-state index contributed by atoms with van der Waals surface area (Å²) in [5.41, 5.74) is 1.89. The van der Waals surface area contributed by atoms with E-state index in [9.17, 15) is 13.2 Å². The number of aromatic nitrogens is 1. The summed E-state index contributed by atoms with van der Waals surface area (Å²) in [5, 5.41) is 1.16. The van der Waals surface area contributed by atoms with Crippen LogP contribution in [0, 0.1) is 0 Å². The molecule has 0 unspecified atom stereocenters. The molecule has 0 aliphatic heterocycles. The fourth-order valence-electron chi connectivity index (χ4n) is 2.74. The van der Waals surface area contributed by atoms with Crippen molar-refractivity contribution in [1.29, 1.82) is 0 Å². The maximum Gasteiger partial charge on any atom is 0.264 e. The number of benzene rings is 2. The number of nitrogens with zero attached hydrogens (tertiary/aromatic N) is 1. The highest BCUT2D eigenvalue weighted by Gasteiger charge is 2.16. The number of carbonyl (C=O) groups excluding carboxylic acids is 1. The highest BCUT2D eigenvalue weighted by Crippen LogP contribution is 2.33. The molecule has 2 aromatic carbocycles. The van der Waals surface area contributed by atoms with Crippen LogP contribution in [0.5, 0.6) is 11.5 Å². The Labute approximate surface area is 200 Å². The Morgan fingerprint density at radius 1 is 1.03 bits per heavy atom. The fraction of sp³-hybridized carbons (Fsp3) is 0.143. The van der Waals surface area contributed by atoms with Gasteiger partial charge in [0.1, 0.15) is 18.1 Å². The van der Waals surface area contributed by atoms with E-state index in [2.05, 4.69) is 4.98 Å². The number of methoxy groups -OCH3 is 1. The van der Waals surface area contributed by atoms with Gasteiger partial charge in [0.15, 0.2) is 0 Å². The van der Waals surface area contributed by atoms with E-state index >= 15 is 0 Å². The summed E-state index contributed by atoms with van der Waals surface area (Å²) < 4.78 is 35.5. The van der Waals surface area contributed by atoms with Crippen molar-refractivity contribution in [1.82, 2.24) is 9.71 Å². The zero-order chi connectivity index (χ0) is 23.5. The van der Waals surface area contributed by atoms with E-state index in [0.717, 1.165) is 6.26 Å². The molecule has 0 radical (unpaired) electrons. The lowest BCUT2D eigenvalue weighted by atomic mass is 10.0. The fourth-order valence-corrected chi connectivity index (χ4v) is 3.70. The molecule has 168 valence electrons. The molecule has 1 N–H and O–H groups in total. The van der Waals surface area contributed by atoms with E-state index in [-0.39, 0.29) is 12.2 Å². The van der Waals surface area contributed by atoms with Crippen LogP contribution < -0.4 is 14.2 Å². The Morgan fingerprint density at radius 3 is 2.41 bits per heavy atom. The SMILES string of the molecule is COc1cc(C(=O)NS(C)(=O)=O)ccc1-c1cnc(COc2ccc(Cl)c(Cl)c2)c(Cl)c1. The van der Waals surface area contributed by atoms with Gasteiger partial charge in [0.2, 0.25) is 10.0 Å². The van der Waals surface area contributed by atoms with Crippen molar-refractivity contribution in [2.24, 2.45) is 0 Å². The predicted molar refractivity (Wildman–Crippen MR) is 124 cm³/mol. The highest BCUT2D eigenvalue weighted by atomic mass is 35.5. The van der Waals surface area contributed by atoms with Crippen molar-refractivity contribution < 1.29 is 22.7 Å². The lowest BCUT2D eigenvalue weighted by molar-refractivity contribution is 0.0981. The molecule has 0 aliphatic carbocycles. The zero-order valence-electron chi connectivity index (χ0n) is 16.9. The Hall–Kier alpha value is -2.52. The van der Waals surface area contributed by atoms with E-state index in [1.54, 1.807) is 36.5 Å². The number of hydrogen-bond donors (Lipinski definition) is 1. The second-order valence-electron chi connectivity index (χ2n) is 6.64. The smallest absolute Gasteiger partial charge is 0.264 e. The molecule has 7 nitrogen and oxygen atoms in total. The van der Waals surface area contributed by atoms with Gasteiger partial charge in [-0.15, -0.1) is 0 Å². The summed E-state index contributed by atoms with van der Waals surface area (Å²) in [6.45, 7) is 0.110. The van der Waals surface area contributed by atoms with E-state index in [1.807, 2.05) is 4.72 Å². The third kappa shape index (κ3) is 6.04. The molecule has 0 fully saturated rings. The van der Waals surface area contributed by atoms with Gasteiger partial charge in [0, 0.05) is 29.0 Å². The molecular weight excluding hydrogens is 499 g/mol. The van der Waals surface area contributed by atoms with Crippen molar-refractivity contribution in [3.8, 4) is 22.6 Å². The second kappa shape index (κ2) is 9.95. The van der Waals surface area contributed by atoms with Gasteiger partial charge < -0.3 is 9.47 Å². The Bertz CT molecular complexity index is 1280. The Kier molecular flexibility index (Phi) is 7.51. The van der Waals surface area contributed by atoms with Crippen LogP contribution in [0.25, 0.3) is 11.1 Å². The number of carbonyl (C=O) groups is 1. The lowest BCUT2D eigenvalue weighted by Crippen LogP contribution is -2.29. The molecule has 0 bridgehead atoms. The maximum absolute atomic E-state index is 12.1. The van der Waals surface area contributed by atoms with Gasteiger partial charge >= 0.3 is 0 Å². The summed E-state index contributed by atoms with van der Waals surface area (Å²) in [5.74, 6) is 0.109. The topological polar surface area (TPSA) is 94.6 Å². The van der Waals surface area contributed by atoms with Crippen LogP contribution in [-0.2, 0) is 16.6 Å². The molecule has 0 atom stereocenters.